The number of benzene rings is 1. The van der Waals surface area contributed by atoms with Crippen LogP contribution < -0.4 is 5.73 Å². The zero-order valence-corrected chi connectivity index (χ0v) is 10.3. The number of hydrogen-bond donors (Lipinski definition) is 1. The van der Waals surface area contributed by atoms with Crippen LogP contribution in [-0.2, 0) is 0 Å². The highest BCUT2D eigenvalue weighted by Gasteiger charge is 2.57. The first-order valence-electron chi connectivity index (χ1n) is 5.74. The summed E-state index contributed by atoms with van der Waals surface area (Å²) in [5.74, 6) is 1.40. The Morgan fingerprint density at radius 3 is 2.73 bits per heavy atom. The quantitative estimate of drug-likeness (QED) is 0.871. The number of hydrogen-bond acceptors (Lipinski definition) is 1. The van der Waals surface area contributed by atoms with Crippen LogP contribution in [0.25, 0.3) is 0 Å². The third kappa shape index (κ3) is 1.55. The van der Waals surface area contributed by atoms with E-state index in [0.29, 0.717) is 5.92 Å². The highest BCUT2D eigenvalue weighted by molar-refractivity contribution is 9.10. The summed E-state index contributed by atoms with van der Waals surface area (Å²) < 4.78 is 1.17. The molecule has 0 spiro atoms. The van der Waals surface area contributed by atoms with Gasteiger partial charge in [0.2, 0.25) is 0 Å². The van der Waals surface area contributed by atoms with Crippen molar-refractivity contribution in [2.24, 2.45) is 11.7 Å². The van der Waals surface area contributed by atoms with Crippen LogP contribution in [0.4, 0.5) is 0 Å². The molecule has 2 heteroatoms. The minimum atomic E-state index is 0.138. The molecule has 2 saturated carbocycles. The van der Waals surface area contributed by atoms with Crippen molar-refractivity contribution in [2.45, 2.75) is 37.1 Å². The van der Waals surface area contributed by atoms with Gasteiger partial charge in [0.15, 0.2) is 0 Å². The second-order valence-electron chi connectivity index (χ2n) is 5.05. The summed E-state index contributed by atoms with van der Waals surface area (Å²) in [6.45, 7) is 0. The molecule has 2 N–H and O–H groups in total. The molecular weight excluding hydrogens is 250 g/mol. The van der Waals surface area contributed by atoms with Crippen molar-refractivity contribution in [3.63, 3.8) is 0 Å². The van der Waals surface area contributed by atoms with E-state index in [1.165, 1.54) is 35.7 Å². The lowest BCUT2D eigenvalue weighted by Gasteiger charge is -2.32. The Bertz CT molecular complexity index is 386. The van der Waals surface area contributed by atoms with Crippen LogP contribution in [0.3, 0.4) is 0 Å². The minimum Gasteiger partial charge on any atom is -0.324 e. The lowest BCUT2D eigenvalue weighted by Crippen LogP contribution is -2.38. The Labute approximate surface area is 99.2 Å². The van der Waals surface area contributed by atoms with Crippen LogP contribution in [-0.4, -0.2) is 5.54 Å². The first kappa shape index (κ1) is 9.86. The van der Waals surface area contributed by atoms with Gasteiger partial charge in [-0.2, -0.15) is 0 Å². The third-order valence-corrected chi connectivity index (χ3v) is 4.66. The van der Waals surface area contributed by atoms with Gasteiger partial charge in [-0.25, -0.2) is 0 Å². The maximum Gasteiger partial charge on any atom is 0.0259 e. The van der Waals surface area contributed by atoms with Crippen molar-refractivity contribution < 1.29 is 0 Å². The van der Waals surface area contributed by atoms with Crippen LogP contribution >= 0.6 is 15.9 Å². The van der Waals surface area contributed by atoms with Crippen molar-refractivity contribution in [1.82, 2.24) is 0 Å². The fourth-order valence-corrected chi connectivity index (χ4v) is 3.26. The van der Waals surface area contributed by atoms with Gasteiger partial charge in [-0.05, 0) is 42.9 Å². The van der Waals surface area contributed by atoms with Crippen molar-refractivity contribution in [3.8, 4) is 0 Å². The first-order chi connectivity index (χ1) is 7.20. The molecule has 0 heterocycles. The molecule has 0 amide bonds. The predicted octanol–water partition coefficient (Wildman–Crippen LogP) is 3.43. The molecule has 1 nitrogen and oxygen atoms in total. The van der Waals surface area contributed by atoms with Crippen LogP contribution in [0.2, 0.25) is 0 Å². The van der Waals surface area contributed by atoms with Crippen molar-refractivity contribution >= 4 is 15.9 Å². The van der Waals surface area contributed by atoms with Crippen LogP contribution in [0.15, 0.2) is 28.7 Å². The van der Waals surface area contributed by atoms with Gasteiger partial charge in [0.25, 0.3) is 0 Å². The molecule has 2 unspecified atom stereocenters. The zero-order valence-electron chi connectivity index (χ0n) is 8.75. The van der Waals surface area contributed by atoms with Gasteiger partial charge in [-0.3, -0.25) is 0 Å². The lowest BCUT2D eigenvalue weighted by molar-refractivity contribution is 0.242. The smallest absolute Gasteiger partial charge is 0.0259 e. The molecule has 2 aliphatic carbocycles. The monoisotopic (exact) mass is 265 g/mol. The summed E-state index contributed by atoms with van der Waals surface area (Å²) in [6, 6.07) is 8.62. The van der Waals surface area contributed by atoms with Crippen molar-refractivity contribution in [1.29, 1.82) is 0 Å². The van der Waals surface area contributed by atoms with Gasteiger partial charge in [-0.15, -0.1) is 0 Å². The molecule has 3 rings (SSSR count). The van der Waals surface area contributed by atoms with Crippen LogP contribution in [0.1, 0.15) is 37.2 Å². The molecule has 1 aromatic rings. The largest absolute Gasteiger partial charge is 0.324 e. The van der Waals surface area contributed by atoms with E-state index in [9.17, 15) is 0 Å². The van der Waals surface area contributed by atoms with Gasteiger partial charge in [0.1, 0.15) is 0 Å². The van der Waals surface area contributed by atoms with Gasteiger partial charge < -0.3 is 5.73 Å². The van der Waals surface area contributed by atoms with E-state index in [2.05, 4.69) is 40.2 Å². The molecule has 2 fully saturated rings. The average molecular weight is 266 g/mol. The zero-order chi connectivity index (χ0) is 10.5. The lowest BCUT2D eigenvalue weighted by atomic mass is 9.77. The molecular formula is C13H16BrN. The highest BCUT2D eigenvalue weighted by Crippen LogP contribution is 2.58. The van der Waals surface area contributed by atoms with Gasteiger partial charge in [-0.1, -0.05) is 34.5 Å². The summed E-state index contributed by atoms with van der Waals surface area (Å²) in [7, 11) is 0. The number of rotatable bonds is 2. The van der Waals surface area contributed by atoms with E-state index >= 15 is 0 Å². The fraction of sp³-hybridized carbons (Fsp3) is 0.538. The topological polar surface area (TPSA) is 26.0 Å². The summed E-state index contributed by atoms with van der Waals surface area (Å²) in [5, 5.41) is 0. The molecule has 15 heavy (non-hydrogen) atoms. The molecule has 2 atom stereocenters. The minimum absolute atomic E-state index is 0.138. The SMILES string of the molecule is NC1(C2CCC2)CC1c1cccc(Br)c1. The Balaban J connectivity index is 1.80. The van der Waals surface area contributed by atoms with E-state index in [4.69, 9.17) is 5.73 Å². The molecule has 80 valence electrons. The fourth-order valence-electron chi connectivity index (χ4n) is 2.84. The standard InChI is InChI=1S/C13H16BrN/c14-11-6-1-3-9(7-11)12-8-13(12,15)10-4-2-5-10/h1,3,6-7,10,12H,2,4-5,8,15H2. The Morgan fingerprint density at radius 1 is 1.33 bits per heavy atom. The van der Waals surface area contributed by atoms with Gasteiger partial charge >= 0.3 is 0 Å². The Hall–Kier alpha value is -0.340. The van der Waals surface area contributed by atoms with E-state index < -0.39 is 0 Å². The predicted molar refractivity (Wildman–Crippen MR) is 65.8 cm³/mol. The van der Waals surface area contributed by atoms with Crippen LogP contribution in [0, 0.1) is 5.92 Å². The Morgan fingerprint density at radius 2 is 2.13 bits per heavy atom. The maximum atomic E-state index is 6.46. The maximum absolute atomic E-state index is 6.46. The van der Waals surface area contributed by atoms with Gasteiger partial charge in [0, 0.05) is 15.9 Å². The molecule has 0 aliphatic heterocycles. The van der Waals surface area contributed by atoms with E-state index in [-0.39, 0.29) is 5.54 Å². The molecule has 0 saturated heterocycles. The summed E-state index contributed by atoms with van der Waals surface area (Å²) >= 11 is 3.52. The van der Waals surface area contributed by atoms with Crippen molar-refractivity contribution in [2.75, 3.05) is 0 Å². The second kappa shape index (κ2) is 3.33. The number of halogens is 1. The molecule has 2 aliphatic rings. The molecule has 0 bridgehead atoms. The number of nitrogens with two attached hydrogens (primary N) is 1. The summed E-state index contributed by atoms with van der Waals surface area (Å²) in [4.78, 5) is 0. The van der Waals surface area contributed by atoms with Crippen LogP contribution in [0.5, 0.6) is 0 Å². The molecule has 0 radical (unpaired) electrons. The Kier molecular flexibility index (Phi) is 2.18. The van der Waals surface area contributed by atoms with Gasteiger partial charge in [0.05, 0.1) is 0 Å². The summed E-state index contributed by atoms with van der Waals surface area (Å²) in [5.41, 5.74) is 8.02. The van der Waals surface area contributed by atoms with E-state index in [1.807, 2.05) is 0 Å². The normalized spacial score (nSPS) is 34.9. The second-order valence-corrected chi connectivity index (χ2v) is 5.97. The van der Waals surface area contributed by atoms with E-state index in [0.717, 1.165) is 5.92 Å². The average Bonchev–Trinajstić information content (AvgIpc) is 2.75. The molecule has 0 aromatic heterocycles. The summed E-state index contributed by atoms with van der Waals surface area (Å²) in [6.07, 6.45) is 5.27. The third-order valence-electron chi connectivity index (χ3n) is 4.16. The highest BCUT2D eigenvalue weighted by atomic mass is 79.9. The van der Waals surface area contributed by atoms with E-state index in [1.54, 1.807) is 0 Å². The van der Waals surface area contributed by atoms with Crippen molar-refractivity contribution in [3.05, 3.63) is 34.3 Å². The first-order valence-corrected chi connectivity index (χ1v) is 6.54. The molecule has 1 aromatic carbocycles.